The van der Waals surface area contributed by atoms with E-state index in [4.69, 9.17) is 14.9 Å². The zero-order valence-electron chi connectivity index (χ0n) is 41.9. The van der Waals surface area contributed by atoms with Crippen molar-refractivity contribution < 1.29 is 34.1 Å². The van der Waals surface area contributed by atoms with Crippen LogP contribution in [0.3, 0.4) is 0 Å². The minimum absolute atomic E-state index is 0.0494. The summed E-state index contributed by atoms with van der Waals surface area (Å²) in [5.41, 5.74) is 0. The summed E-state index contributed by atoms with van der Waals surface area (Å²) >= 11 is 0. The summed E-state index contributed by atoms with van der Waals surface area (Å²) in [6, 6.07) is -1.39. The van der Waals surface area contributed by atoms with E-state index in [0.29, 0.717) is 12.8 Å². The molecule has 2 unspecified atom stereocenters. The fourth-order valence-corrected chi connectivity index (χ4v) is 7.36. The van der Waals surface area contributed by atoms with Gasteiger partial charge in [0.05, 0.1) is 13.2 Å². The van der Waals surface area contributed by atoms with Crippen molar-refractivity contribution in [2.75, 3.05) is 13.2 Å². The van der Waals surface area contributed by atoms with Gasteiger partial charge in [0.25, 0.3) is 0 Å². The third kappa shape index (κ3) is 46.5. The molecule has 0 aliphatic carbocycles. The number of carboxylic acid groups (broad SMARTS) is 1. The molecule has 0 saturated heterocycles. The van der Waals surface area contributed by atoms with Crippen LogP contribution in [-0.4, -0.2) is 59.3 Å². The van der Waals surface area contributed by atoms with Crippen LogP contribution in [0, 0.1) is 0 Å². The highest BCUT2D eigenvalue weighted by atomic mass is 16.5. The lowest BCUT2D eigenvalue weighted by atomic mass is 10.0. The van der Waals surface area contributed by atoms with Gasteiger partial charge in [0.1, 0.15) is 12.1 Å². The van der Waals surface area contributed by atoms with E-state index in [1.807, 2.05) is 0 Å². The number of aliphatic carboxylic acids is 1. The molecular formula is C57H96N2O7. The van der Waals surface area contributed by atoms with Gasteiger partial charge in [0.2, 0.25) is 11.8 Å². The largest absolute Gasteiger partial charge is 0.480 e. The Balaban J connectivity index is 4.39. The summed E-state index contributed by atoms with van der Waals surface area (Å²) in [5.74, 6) is -2.33. The first kappa shape index (κ1) is 62.0. The molecule has 2 amide bonds. The molecule has 9 heteroatoms. The number of esters is 1. The molecule has 0 radical (unpaired) electrons. The maximum absolute atomic E-state index is 12.9. The first-order chi connectivity index (χ1) is 32.3. The smallest absolute Gasteiger partial charge is 0.328 e. The van der Waals surface area contributed by atoms with E-state index in [1.165, 1.54) is 57.8 Å². The van der Waals surface area contributed by atoms with E-state index < -0.39 is 24.5 Å². The molecule has 66 heavy (non-hydrogen) atoms. The first-order valence-electron chi connectivity index (χ1n) is 26.5. The quantitative estimate of drug-likeness (QED) is 0.0270. The highest BCUT2D eigenvalue weighted by Crippen LogP contribution is 2.18. The second-order valence-electron chi connectivity index (χ2n) is 17.6. The Morgan fingerprint density at radius 1 is 0.470 bits per heavy atom. The van der Waals surface area contributed by atoms with Crippen molar-refractivity contribution in [2.45, 2.75) is 238 Å². The molecule has 0 heterocycles. The molecule has 0 aromatic rings. The van der Waals surface area contributed by atoms with Crippen LogP contribution in [0.1, 0.15) is 226 Å². The van der Waals surface area contributed by atoms with Gasteiger partial charge in [-0.3, -0.25) is 14.4 Å². The number of nitrogens with one attached hydrogen (secondary N) is 2. The molecule has 0 bridgehead atoms. The van der Waals surface area contributed by atoms with Crippen LogP contribution in [0.2, 0.25) is 0 Å². The lowest BCUT2D eigenvalue weighted by Gasteiger charge is -2.18. The van der Waals surface area contributed by atoms with Gasteiger partial charge in [-0.15, -0.1) is 0 Å². The number of unbranched alkanes of at least 4 members (excludes halogenated alkanes) is 19. The highest BCUT2D eigenvalue weighted by Gasteiger charge is 2.19. The van der Waals surface area contributed by atoms with Crippen molar-refractivity contribution in [3.63, 3.8) is 0 Å². The molecule has 0 fully saturated rings. The molecule has 0 aromatic heterocycles. The van der Waals surface area contributed by atoms with Crippen molar-refractivity contribution in [1.82, 2.24) is 10.6 Å². The maximum Gasteiger partial charge on any atom is 0.328 e. The van der Waals surface area contributed by atoms with Gasteiger partial charge < -0.3 is 25.6 Å². The number of rotatable bonds is 47. The van der Waals surface area contributed by atoms with Crippen molar-refractivity contribution in [2.24, 2.45) is 0 Å². The third-order valence-electron chi connectivity index (χ3n) is 11.4. The summed E-state index contributed by atoms with van der Waals surface area (Å²) < 4.78 is 6.06. The van der Waals surface area contributed by atoms with Crippen LogP contribution in [0.4, 0.5) is 0 Å². The normalized spacial score (nSPS) is 13.1. The second kappa shape index (κ2) is 50.4. The highest BCUT2D eigenvalue weighted by molar-refractivity contribution is 5.87. The molecule has 0 rings (SSSR count). The number of aliphatic hydroxyl groups excluding tert-OH is 1. The molecule has 376 valence electrons. The molecule has 2 atom stereocenters. The van der Waals surface area contributed by atoms with Crippen molar-refractivity contribution in [1.29, 1.82) is 0 Å². The minimum Gasteiger partial charge on any atom is -0.480 e. The number of carbonyl (C=O) groups excluding carboxylic acids is 3. The Morgan fingerprint density at radius 3 is 1.33 bits per heavy atom. The number of amides is 2. The zero-order chi connectivity index (χ0) is 48.2. The Hall–Kier alpha value is -3.98. The fraction of sp³-hybridized carbons (Fsp3) is 0.684. The topological polar surface area (TPSA) is 142 Å². The number of hydrogen-bond acceptors (Lipinski definition) is 6. The number of aliphatic hydroxyl groups is 1. The predicted molar refractivity (Wildman–Crippen MR) is 277 cm³/mol. The predicted octanol–water partition coefficient (Wildman–Crippen LogP) is 14.4. The zero-order valence-corrected chi connectivity index (χ0v) is 41.9. The monoisotopic (exact) mass is 921 g/mol. The molecule has 0 aliphatic rings. The van der Waals surface area contributed by atoms with Crippen LogP contribution in [0.25, 0.3) is 0 Å². The maximum atomic E-state index is 12.9. The fourth-order valence-electron chi connectivity index (χ4n) is 7.36. The van der Waals surface area contributed by atoms with E-state index in [2.05, 4.69) is 110 Å². The summed E-state index contributed by atoms with van der Waals surface area (Å²) in [4.78, 5) is 47.8. The van der Waals surface area contributed by atoms with Crippen LogP contribution in [0.15, 0.2) is 85.1 Å². The number of carbonyl (C=O) groups is 4. The molecule has 0 aliphatic heterocycles. The van der Waals surface area contributed by atoms with Crippen LogP contribution >= 0.6 is 0 Å². The molecular weight excluding hydrogens is 825 g/mol. The van der Waals surface area contributed by atoms with Gasteiger partial charge in [-0.05, 0) is 116 Å². The number of ether oxygens (including phenoxy) is 1. The van der Waals surface area contributed by atoms with E-state index in [-0.39, 0.29) is 30.9 Å². The van der Waals surface area contributed by atoms with E-state index in [0.717, 1.165) is 135 Å². The van der Waals surface area contributed by atoms with Crippen molar-refractivity contribution >= 4 is 23.8 Å². The average molecular weight is 921 g/mol. The van der Waals surface area contributed by atoms with Gasteiger partial charge in [-0.25, -0.2) is 4.79 Å². The van der Waals surface area contributed by atoms with E-state index in [9.17, 15) is 19.2 Å². The van der Waals surface area contributed by atoms with E-state index in [1.54, 1.807) is 0 Å². The van der Waals surface area contributed by atoms with Gasteiger partial charge in [0, 0.05) is 12.8 Å². The average Bonchev–Trinajstić information content (AvgIpc) is 3.30. The van der Waals surface area contributed by atoms with Gasteiger partial charge in [0.15, 0.2) is 0 Å². The third-order valence-corrected chi connectivity index (χ3v) is 11.4. The Labute approximate surface area is 403 Å². The van der Waals surface area contributed by atoms with Crippen LogP contribution in [0.5, 0.6) is 0 Å². The molecule has 9 nitrogen and oxygen atoms in total. The molecule has 4 N–H and O–H groups in total. The Bertz CT molecular complexity index is 1380. The molecule has 0 aromatic carbocycles. The lowest BCUT2D eigenvalue weighted by molar-refractivity contribution is -0.150. The van der Waals surface area contributed by atoms with E-state index >= 15 is 0 Å². The summed E-state index contributed by atoms with van der Waals surface area (Å²) in [6.45, 7) is 3.37. The van der Waals surface area contributed by atoms with Crippen molar-refractivity contribution in [3.8, 4) is 0 Å². The number of allylic oxidation sites excluding steroid dienone is 14. The van der Waals surface area contributed by atoms with Crippen LogP contribution in [-0.2, 0) is 23.9 Å². The van der Waals surface area contributed by atoms with Gasteiger partial charge in [-0.1, -0.05) is 182 Å². The molecule has 0 saturated carbocycles. The SMILES string of the molecule is CC/C=C\C/C=C\C/C=C\C/C=C\C/C=C\C/C=C\CCCCCCC(=O)OC(CCCCC/C=C\CCCCCCCCCC)CCCCCCCC(=O)NCC(=O)NC(CO)C(=O)O. The molecule has 0 spiro atoms. The Morgan fingerprint density at radius 2 is 0.864 bits per heavy atom. The number of hydrogen-bond donors (Lipinski definition) is 4. The van der Waals surface area contributed by atoms with Gasteiger partial charge >= 0.3 is 11.9 Å². The summed E-state index contributed by atoms with van der Waals surface area (Å²) in [5, 5.41) is 22.6. The Kier molecular flexibility index (Phi) is 47.4. The van der Waals surface area contributed by atoms with Gasteiger partial charge in [-0.2, -0.15) is 0 Å². The van der Waals surface area contributed by atoms with Crippen LogP contribution < -0.4 is 10.6 Å². The minimum atomic E-state index is -1.39. The summed E-state index contributed by atoms with van der Waals surface area (Å²) in [7, 11) is 0. The van der Waals surface area contributed by atoms with Crippen molar-refractivity contribution in [3.05, 3.63) is 85.1 Å². The number of carboxylic acids is 1. The first-order valence-corrected chi connectivity index (χ1v) is 26.5. The standard InChI is InChI=1S/C57H96N2O7/c1-3-5-7-9-11-13-15-17-19-20-21-22-23-24-25-26-28-30-32-34-36-41-45-49-56(63)66-52(46-42-38-35-33-31-29-27-18-16-14-12-10-8-6-4-2)47-43-39-37-40-44-48-54(61)58-50-55(62)59-53(51-60)57(64)65/h5,7,11,13,17,19,21-22,24-25,28-31,52-53,60H,3-4,6,8-10,12,14-16,18,20,23,26-27,32-51H2,1-2H3,(H,58,61)(H,59,62)(H,64,65)/b7-5-,13-11-,19-17-,22-21-,25-24-,30-28-,31-29-. The summed E-state index contributed by atoms with van der Waals surface area (Å²) in [6.07, 6.45) is 66.1. The second-order valence-corrected chi connectivity index (χ2v) is 17.6. The lowest BCUT2D eigenvalue weighted by Crippen LogP contribution is -2.47.